The second-order valence-corrected chi connectivity index (χ2v) is 9.11. The molecule has 0 spiro atoms. The summed E-state index contributed by atoms with van der Waals surface area (Å²) in [5.41, 5.74) is 5.56. The van der Waals surface area contributed by atoms with Gasteiger partial charge in [-0.3, -0.25) is 4.79 Å². The zero-order valence-corrected chi connectivity index (χ0v) is 17.9. The number of benzene rings is 3. The maximum absolute atomic E-state index is 14.4. The molecule has 0 saturated carbocycles. The summed E-state index contributed by atoms with van der Waals surface area (Å²) < 4.78 is 6.15. The second-order valence-electron chi connectivity index (χ2n) is 9.11. The van der Waals surface area contributed by atoms with E-state index in [1.807, 2.05) is 48.5 Å². The molecule has 4 nitrogen and oxygen atoms in total. The van der Waals surface area contributed by atoms with E-state index in [1.165, 1.54) is 11.1 Å². The molecule has 3 aliphatic heterocycles. The van der Waals surface area contributed by atoms with Crippen LogP contribution in [-0.4, -0.2) is 37.0 Å². The van der Waals surface area contributed by atoms with Crippen LogP contribution in [0.15, 0.2) is 66.7 Å². The molecule has 2 atom stereocenters. The number of hydrogen-bond acceptors (Lipinski definition) is 3. The number of likely N-dealkylation sites (tertiary alicyclic amines) is 1. The Morgan fingerprint density at radius 1 is 0.935 bits per heavy atom. The molecule has 3 aromatic rings. The van der Waals surface area contributed by atoms with Crippen LogP contribution in [0.1, 0.15) is 40.5 Å². The minimum atomic E-state index is -0.353. The Hall–Kier alpha value is -3.11. The Bertz CT molecular complexity index is 1140. The Labute approximate surface area is 183 Å². The van der Waals surface area contributed by atoms with Crippen LogP contribution in [0.3, 0.4) is 0 Å². The van der Waals surface area contributed by atoms with Gasteiger partial charge in [-0.05, 0) is 50.7 Å². The first-order chi connectivity index (χ1) is 15.1. The van der Waals surface area contributed by atoms with E-state index in [0.29, 0.717) is 5.92 Å². The lowest BCUT2D eigenvalue weighted by Crippen LogP contribution is -2.48. The number of rotatable bonds is 1. The summed E-state index contributed by atoms with van der Waals surface area (Å²) in [7, 11) is 2.18. The van der Waals surface area contributed by atoms with Crippen molar-refractivity contribution in [1.29, 1.82) is 0 Å². The fourth-order valence-electron chi connectivity index (χ4n) is 5.68. The van der Waals surface area contributed by atoms with Crippen molar-refractivity contribution in [3.63, 3.8) is 0 Å². The number of amides is 1. The van der Waals surface area contributed by atoms with E-state index in [2.05, 4.69) is 42.0 Å². The van der Waals surface area contributed by atoms with Gasteiger partial charge in [-0.1, -0.05) is 54.1 Å². The highest BCUT2D eigenvalue weighted by Crippen LogP contribution is 2.50. The van der Waals surface area contributed by atoms with Crippen molar-refractivity contribution in [3.05, 3.63) is 89.0 Å². The van der Waals surface area contributed by atoms with Crippen molar-refractivity contribution in [2.24, 2.45) is 0 Å². The minimum Gasteiger partial charge on any atom is -0.457 e. The molecule has 1 saturated heterocycles. The number of carbonyl (C=O) groups excluding carboxylic acids is 1. The first kappa shape index (κ1) is 18.6. The van der Waals surface area contributed by atoms with Crippen LogP contribution in [-0.2, 0) is 4.79 Å². The molecular weight excluding hydrogens is 384 g/mol. The average Bonchev–Trinajstić information content (AvgIpc) is 3.09. The van der Waals surface area contributed by atoms with Crippen molar-refractivity contribution in [3.8, 4) is 11.5 Å². The van der Waals surface area contributed by atoms with Crippen LogP contribution in [0.2, 0.25) is 0 Å². The monoisotopic (exact) mass is 410 g/mol. The van der Waals surface area contributed by atoms with Gasteiger partial charge in [-0.25, -0.2) is 0 Å². The van der Waals surface area contributed by atoms with E-state index in [9.17, 15) is 4.79 Å². The number of nitrogens with zero attached hydrogens (tertiary/aromatic N) is 2. The van der Waals surface area contributed by atoms with Crippen molar-refractivity contribution >= 4 is 11.6 Å². The number of likely N-dealkylation sites (N-methyl/N-ethyl adjacent to an activating group) is 1. The SMILES string of the molecule is Cc1ccc2c(c1)[C@@H]1CN(C)CC[C@@H]1N2C(=O)C1c2ccccc2Oc2ccccc21. The quantitative estimate of drug-likeness (QED) is 0.562. The normalized spacial score (nSPS) is 22.2. The third kappa shape index (κ3) is 2.82. The molecule has 156 valence electrons. The van der Waals surface area contributed by atoms with Gasteiger partial charge in [0, 0.05) is 35.3 Å². The highest BCUT2D eigenvalue weighted by molar-refractivity contribution is 6.04. The summed E-state index contributed by atoms with van der Waals surface area (Å²) in [5.74, 6) is 1.73. The number of carbonyl (C=O) groups is 1. The molecule has 3 heterocycles. The van der Waals surface area contributed by atoms with E-state index in [4.69, 9.17) is 4.74 Å². The van der Waals surface area contributed by atoms with Gasteiger partial charge < -0.3 is 14.5 Å². The molecule has 31 heavy (non-hydrogen) atoms. The number of aryl methyl sites for hydroxylation is 1. The Balaban J connectivity index is 1.50. The molecule has 0 radical (unpaired) electrons. The predicted octanol–water partition coefficient (Wildman–Crippen LogP) is 5.07. The molecular formula is C27H26N2O2. The first-order valence-corrected chi connectivity index (χ1v) is 11.1. The molecule has 0 unspecified atom stereocenters. The maximum atomic E-state index is 14.4. The lowest BCUT2D eigenvalue weighted by Gasteiger charge is -2.38. The number of piperidine rings is 1. The topological polar surface area (TPSA) is 32.8 Å². The van der Waals surface area contributed by atoms with Gasteiger partial charge in [0.1, 0.15) is 11.5 Å². The van der Waals surface area contributed by atoms with Crippen molar-refractivity contribution in [2.75, 3.05) is 25.0 Å². The van der Waals surface area contributed by atoms with E-state index >= 15 is 0 Å². The zero-order valence-electron chi connectivity index (χ0n) is 17.9. The lowest BCUT2D eigenvalue weighted by atomic mass is 9.85. The smallest absolute Gasteiger partial charge is 0.239 e. The Morgan fingerprint density at radius 3 is 2.32 bits per heavy atom. The molecule has 1 fully saturated rings. The van der Waals surface area contributed by atoms with Crippen molar-refractivity contribution < 1.29 is 9.53 Å². The predicted molar refractivity (Wildman–Crippen MR) is 122 cm³/mol. The van der Waals surface area contributed by atoms with Gasteiger partial charge in [0.15, 0.2) is 0 Å². The zero-order chi connectivity index (χ0) is 21.1. The Kier molecular flexibility index (Phi) is 4.19. The van der Waals surface area contributed by atoms with E-state index < -0.39 is 0 Å². The highest BCUT2D eigenvalue weighted by atomic mass is 16.5. The van der Waals surface area contributed by atoms with E-state index in [0.717, 1.165) is 47.8 Å². The van der Waals surface area contributed by atoms with Gasteiger partial charge in [-0.15, -0.1) is 0 Å². The summed E-state index contributed by atoms with van der Waals surface area (Å²) in [6.45, 7) is 4.14. The highest BCUT2D eigenvalue weighted by Gasteiger charge is 2.47. The van der Waals surface area contributed by atoms with Crippen LogP contribution in [0.5, 0.6) is 11.5 Å². The van der Waals surface area contributed by atoms with Crippen molar-refractivity contribution in [2.45, 2.75) is 31.2 Å². The largest absolute Gasteiger partial charge is 0.457 e. The molecule has 3 aliphatic rings. The molecule has 0 aliphatic carbocycles. The van der Waals surface area contributed by atoms with E-state index in [1.54, 1.807) is 0 Å². The summed E-state index contributed by atoms with van der Waals surface area (Å²) in [6, 6.07) is 22.7. The summed E-state index contributed by atoms with van der Waals surface area (Å²) in [5, 5.41) is 0. The van der Waals surface area contributed by atoms with Gasteiger partial charge >= 0.3 is 0 Å². The van der Waals surface area contributed by atoms with Crippen molar-refractivity contribution in [1.82, 2.24) is 4.90 Å². The third-order valence-electron chi connectivity index (χ3n) is 7.12. The molecule has 0 bridgehead atoms. The fraction of sp³-hybridized carbons (Fsp3) is 0.296. The summed E-state index contributed by atoms with van der Waals surface area (Å²) in [6.07, 6.45) is 0.993. The van der Waals surface area contributed by atoms with Gasteiger partial charge in [0.2, 0.25) is 5.91 Å². The van der Waals surface area contributed by atoms with Crippen LogP contribution in [0.25, 0.3) is 0 Å². The number of fused-ring (bicyclic) bond motifs is 5. The fourth-order valence-corrected chi connectivity index (χ4v) is 5.68. The van der Waals surface area contributed by atoms with Gasteiger partial charge in [0.25, 0.3) is 0 Å². The van der Waals surface area contributed by atoms with Crippen LogP contribution >= 0.6 is 0 Å². The minimum absolute atomic E-state index is 0.158. The van der Waals surface area contributed by atoms with Gasteiger partial charge in [-0.2, -0.15) is 0 Å². The molecule has 4 heteroatoms. The lowest BCUT2D eigenvalue weighted by molar-refractivity contribution is -0.119. The van der Waals surface area contributed by atoms with E-state index in [-0.39, 0.29) is 17.9 Å². The molecule has 6 rings (SSSR count). The van der Waals surface area contributed by atoms with Crippen LogP contribution in [0.4, 0.5) is 5.69 Å². The van der Waals surface area contributed by atoms with Crippen LogP contribution in [0, 0.1) is 6.92 Å². The summed E-state index contributed by atoms with van der Waals surface area (Å²) in [4.78, 5) is 18.9. The standard InChI is InChI=1S/C27H26N2O2/c1-17-11-12-22-20(15-17)21-16-28(2)14-13-23(21)29(22)27(30)26-18-7-3-5-9-24(18)31-25-10-6-4-8-19(25)26/h3-12,15,21,23,26H,13-14,16H2,1-2H3/t21-,23-/m0/s1. The molecule has 3 aromatic carbocycles. The number of para-hydroxylation sites is 2. The average molecular weight is 411 g/mol. The molecule has 1 amide bonds. The number of hydrogen-bond donors (Lipinski definition) is 0. The number of ether oxygens (including phenoxy) is 1. The first-order valence-electron chi connectivity index (χ1n) is 11.1. The second kappa shape index (κ2) is 6.96. The third-order valence-corrected chi connectivity index (χ3v) is 7.12. The Morgan fingerprint density at radius 2 is 1.61 bits per heavy atom. The number of anilines is 1. The molecule has 0 aromatic heterocycles. The van der Waals surface area contributed by atoms with Crippen LogP contribution < -0.4 is 9.64 Å². The van der Waals surface area contributed by atoms with Gasteiger partial charge in [0.05, 0.1) is 5.92 Å². The maximum Gasteiger partial charge on any atom is 0.239 e. The molecule has 0 N–H and O–H groups in total. The summed E-state index contributed by atoms with van der Waals surface area (Å²) >= 11 is 0.